The van der Waals surface area contributed by atoms with Crippen molar-refractivity contribution in [3.8, 4) is 0 Å². The van der Waals surface area contributed by atoms with E-state index >= 15 is 0 Å². The molecule has 1 fully saturated rings. The Labute approximate surface area is 103 Å². The van der Waals surface area contributed by atoms with Crippen LogP contribution in [0.1, 0.15) is 56.6 Å². The van der Waals surface area contributed by atoms with Crippen molar-refractivity contribution in [3.63, 3.8) is 0 Å². The third-order valence-corrected chi connectivity index (χ3v) is 3.71. The summed E-state index contributed by atoms with van der Waals surface area (Å²) in [6, 6.07) is 4.13. The fourth-order valence-electron chi connectivity index (χ4n) is 2.52. The van der Waals surface area contributed by atoms with Gasteiger partial charge in [0.2, 0.25) is 0 Å². The lowest BCUT2D eigenvalue weighted by Gasteiger charge is -2.33. The Bertz CT molecular complexity index is 353. The van der Waals surface area contributed by atoms with Gasteiger partial charge >= 0.3 is 0 Å². The van der Waals surface area contributed by atoms with E-state index in [1.54, 1.807) is 0 Å². The minimum atomic E-state index is -0.506. The Morgan fingerprint density at radius 1 is 1.35 bits per heavy atom. The largest absolute Gasteiger partial charge is 0.465 e. The second-order valence-corrected chi connectivity index (χ2v) is 5.34. The second-order valence-electron chi connectivity index (χ2n) is 5.34. The van der Waals surface area contributed by atoms with E-state index in [-0.39, 0.29) is 6.04 Å². The number of hydrogen-bond acceptors (Lipinski definition) is 3. The number of aliphatic hydroxyl groups is 1. The summed E-state index contributed by atoms with van der Waals surface area (Å²) in [4.78, 5) is 0. The molecule has 0 aromatic carbocycles. The molecule has 0 aliphatic heterocycles. The first-order chi connectivity index (χ1) is 8.09. The lowest BCUT2D eigenvalue weighted by molar-refractivity contribution is 0.00254. The zero-order valence-corrected chi connectivity index (χ0v) is 10.8. The van der Waals surface area contributed by atoms with Gasteiger partial charge in [0.25, 0.3) is 0 Å². The van der Waals surface area contributed by atoms with Gasteiger partial charge in [0, 0.05) is 6.54 Å². The molecule has 1 heterocycles. The lowest BCUT2D eigenvalue weighted by atomic mass is 9.85. The second kappa shape index (κ2) is 5.23. The van der Waals surface area contributed by atoms with Crippen molar-refractivity contribution in [1.29, 1.82) is 0 Å². The van der Waals surface area contributed by atoms with Crippen LogP contribution in [0.3, 0.4) is 0 Å². The van der Waals surface area contributed by atoms with E-state index in [9.17, 15) is 5.11 Å². The van der Waals surface area contributed by atoms with E-state index in [0.717, 1.165) is 37.2 Å². The molecule has 0 radical (unpaired) electrons. The van der Waals surface area contributed by atoms with Crippen LogP contribution in [-0.4, -0.2) is 17.3 Å². The van der Waals surface area contributed by atoms with E-state index in [2.05, 4.69) is 12.2 Å². The quantitative estimate of drug-likeness (QED) is 0.846. The van der Waals surface area contributed by atoms with Crippen LogP contribution in [0.15, 0.2) is 16.5 Å². The Morgan fingerprint density at radius 3 is 2.65 bits per heavy atom. The Morgan fingerprint density at radius 2 is 2.06 bits per heavy atom. The molecule has 2 N–H and O–H groups in total. The van der Waals surface area contributed by atoms with Crippen molar-refractivity contribution in [2.24, 2.45) is 0 Å². The molecular weight excluding hydrogens is 214 g/mol. The number of furan rings is 1. The maximum Gasteiger partial charge on any atom is 0.120 e. The van der Waals surface area contributed by atoms with Crippen molar-refractivity contribution in [2.45, 2.75) is 57.6 Å². The SMILES string of the molecule is Cc1ccc(C(C)NCC2(O)CCCCC2)o1. The van der Waals surface area contributed by atoms with Crippen LogP contribution in [0.2, 0.25) is 0 Å². The van der Waals surface area contributed by atoms with Gasteiger partial charge in [-0.05, 0) is 38.8 Å². The van der Waals surface area contributed by atoms with Crippen molar-refractivity contribution in [2.75, 3.05) is 6.54 Å². The van der Waals surface area contributed by atoms with Crippen LogP contribution in [0.4, 0.5) is 0 Å². The summed E-state index contributed by atoms with van der Waals surface area (Å²) in [5.41, 5.74) is -0.506. The molecule has 0 bridgehead atoms. The molecule has 0 saturated heterocycles. The Hall–Kier alpha value is -0.800. The summed E-state index contributed by atoms with van der Waals surface area (Å²) >= 11 is 0. The Kier molecular flexibility index (Phi) is 3.89. The van der Waals surface area contributed by atoms with Crippen LogP contribution in [0, 0.1) is 6.92 Å². The molecule has 17 heavy (non-hydrogen) atoms. The van der Waals surface area contributed by atoms with Gasteiger partial charge in [0.1, 0.15) is 11.5 Å². The molecule has 0 spiro atoms. The summed E-state index contributed by atoms with van der Waals surface area (Å²) in [7, 11) is 0. The highest BCUT2D eigenvalue weighted by molar-refractivity contribution is 5.09. The predicted octanol–water partition coefficient (Wildman–Crippen LogP) is 2.93. The van der Waals surface area contributed by atoms with Gasteiger partial charge in [-0.25, -0.2) is 0 Å². The van der Waals surface area contributed by atoms with Crippen molar-refractivity contribution in [3.05, 3.63) is 23.7 Å². The van der Waals surface area contributed by atoms with E-state index < -0.39 is 5.60 Å². The van der Waals surface area contributed by atoms with Gasteiger partial charge in [0.05, 0.1) is 11.6 Å². The minimum Gasteiger partial charge on any atom is -0.465 e. The number of aryl methyl sites for hydroxylation is 1. The van der Waals surface area contributed by atoms with Gasteiger partial charge in [-0.1, -0.05) is 19.3 Å². The highest BCUT2D eigenvalue weighted by Gasteiger charge is 2.29. The molecule has 1 aromatic heterocycles. The molecule has 1 aromatic rings. The van der Waals surface area contributed by atoms with E-state index in [1.807, 2.05) is 19.1 Å². The highest BCUT2D eigenvalue weighted by atomic mass is 16.3. The van der Waals surface area contributed by atoms with E-state index in [1.165, 1.54) is 6.42 Å². The number of nitrogens with one attached hydrogen (secondary N) is 1. The molecule has 2 rings (SSSR count). The minimum absolute atomic E-state index is 0.162. The first-order valence-electron chi connectivity index (χ1n) is 6.61. The average molecular weight is 237 g/mol. The molecule has 3 nitrogen and oxygen atoms in total. The molecule has 1 aliphatic carbocycles. The van der Waals surface area contributed by atoms with Crippen LogP contribution < -0.4 is 5.32 Å². The molecule has 1 atom stereocenters. The summed E-state index contributed by atoms with van der Waals surface area (Å²) in [5.74, 6) is 1.88. The van der Waals surface area contributed by atoms with Crippen molar-refractivity contribution in [1.82, 2.24) is 5.32 Å². The molecule has 3 heteroatoms. The van der Waals surface area contributed by atoms with Crippen molar-refractivity contribution >= 4 is 0 Å². The van der Waals surface area contributed by atoms with E-state index in [4.69, 9.17) is 4.42 Å². The normalized spacial score (nSPS) is 21.4. The molecule has 1 aliphatic rings. The van der Waals surface area contributed by atoms with E-state index in [0.29, 0.717) is 6.54 Å². The summed E-state index contributed by atoms with van der Waals surface area (Å²) in [5, 5.41) is 13.8. The predicted molar refractivity (Wildman–Crippen MR) is 67.9 cm³/mol. The van der Waals surface area contributed by atoms with Gasteiger partial charge in [-0.2, -0.15) is 0 Å². The molecule has 1 saturated carbocycles. The molecular formula is C14H23NO2. The summed E-state index contributed by atoms with van der Waals surface area (Å²) in [6.45, 7) is 4.68. The summed E-state index contributed by atoms with van der Waals surface area (Å²) in [6.07, 6.45) is 5.39. The third kappa shape index (κ3) is 3.33. The van der Waals surface area contributed by atoms with Crippen LogP contribution in [0.25, 0.3) is 0 Å². The molecule has 1 unspecified atom stereocenters. The number of rotatable bonds is 4. The fraction of sp³-hybridized carbons (Fsp3) is 0.714. The van der Waals surface area contributed by atoms with Gasteiger partial charge < -0.3 is 14.8 Å². The molecule has 96 valence electrons. The maximum absolute atomic E-state index is 10.4. The zero-order valence-electron chi connectivity index (χ0n) is 10.8. The van der Waals surface area contributed by atoms with Crippen LogP contribution >= 0.6 is 0 Å². The van der Waals surface area contributed by atoms with Gasteiger partial charge in [0.15, 0.2) is 0 Å². The first-order valence-corrected chi connectivity index (χ1v) is 6.61. The monoisotopic (exact) mass is 237 g/mol. The lowest BCUT2D eigenvalue weighted by Crippen LogP contribution is -2.42. The Balaban J connectivity index is 1.85. The average Bonchev–Trinajstić information content (AvgIpc) is 2.74. The fourth-order valence-corrected chi connectivity index (χ4v) is 2.52. The van der Waals surface area contributed by atoms with Gasteiger partial charge in [-0.15, -0.1) is 0 Å². The molecule has 0 amide bonds. The third-order valence-electron chi connectivity index (χ3n) is 3.71. The first kappa shape index (κ1) is 12.7. The van der Waals surface area contributed by atoms with Crippen LogP contribution in [-0.2, 0) is 0 Å². The van der Waals surface area contributed by atoms with Crippen LogP contribution in [0.5, 0.6) is 0 Å². The van der Waals surface area contributed by atoms with Gasteiger partial charge in [-0.3, -0.25) is 0 Å². The maximum atomic E-state index is 10.4. The zero-order chi connectivity index (χ0) is 12.3. The van der Waals surface area contributed by atoms with Crippen molar-refractivity contribution < 1.29 is 9.52 Å². The smallest absolute Gasteiger partial charge is 0.120 e. The standard InChI is InChI=1S/C14H23NO2/c1-11-6-7-13(17-11)12(2)15-10-14(16)8-4-3-5-9-14/h6-7,12,15-16H,3-5,8-10H2,1-2H3. The number of hydrogen-bond donors (Lipinski definition) is 2. The highest BCUT2D eigenvalue weighted by Crippen LogP contribution is 2.28. The topological polar surface area (TPSA) is 45.4 Å². The summed E-state index contributed by atoms with van der Waals surface area (Å²) < 4.78 is 5.57.